The quantitative estimate of drug-likeness (QED) is 0.491. The predicted octanol–water partition coefficient (Wildman–Crippen LogP) is -0.492. The van der Waals surface area contributed by atoms with Crippen LogP contribution in [0.4, 0.5) is 0 Å². The fraction of sp³-hybridized carbons (Fsp3) is 0.950. The fourth-order valence-electron chi connectivity index (χ4n) is 5.89. The highest BCUT2D eigenvalue weighted by molar-refractivity contribution is 4.68. The normalized spacial score (nSPS) is 48.0. The summed E-state index contributed by atoms with van der Waals surface area (Å²) in [6.07, 6.45) is 0. The Balaban J connectivity index is 1.38. The van der Waals surface area contributed by atoms with Gasteiger partial charge in [0.1, 0.15) is 26.2 Å². The Labute approximate surface area is 161 Å². The first kappa shape index (κ1) is 19.1. The van der Waals surface area contributed by atoms with E-state index in [0.717, 1.165) is 0 Å². The maximum atomic E-state index is 2.80. The zero-order chi connectivity index (χ0) is 18.5. The van der Waals surface area contributed by atoms with E-state index in [1.807, 2.05) is 0 Å². The van der Waals surface area contributed by atoms with Gasteiger partial charge in [-0.05, 0) is 7.05 Å². The summed E-state index contributed by atoms with van der Waals surface area (Å²) in [4.78, 5) is 5.34. The van der Waals surface area contributed by atoms with Crippen LogP contribution in [0.5, 0.6) is 0 Å². The number of nitrogens with zero attached hydrogens (tertiary/aromatic N) is 6. The molecule has 0 aromatic heterocycles. The lowest BCUT2D eigenvalue weighted by atomic mass is 10.3. The van der Waals surface area contributed by atoms with Crippen LogP contribution in [-0.2, 0) is 0 Å². The maximum Gasteiger partial charge on any atom is 0.207 e. The number of hydrogen-bond acceptors (Lipinski definition) is 2. The number of quaternary nitrogens is 4. The summed E-state index contributed by atoms with van der Waals surface area (Å²) >= 11 is 0. The molecule has 4 saturated heterocycles. The van der Waals surface area contributed by atoms with Gasteiger partial charge in [-0.2, -0.15) is 0 Å². The lowest BCUT2D eigenvalue weighted by molar-refractivity contribution is -1.03. The van der Waals surface area contributed by atoms with Crippen LogP contribution >= 0.6 is 0 Å². The summed E-state index contributed by atoms with van der Waals surface area (Å²) in [6.45, 7) is 22.4. The van der Waals surface area contributed by atoms with Crippen molar-refractivity contribution in [3.05, 3.63) is 6.67 Å². The number of likely N-dealkylation sites (N-methyl/N-ethyl adjacent to an activating group) is 4. The number of hydrogen-bond donors (Lipinski definition) is 0. The van der Waals surface area contributed by atoms with Gasteiger partial charge in [0.2, 0.25) is 6.67 Å². The van der Waals surface area contributed by atoms with Crippen LogP contribution in [0.25, 0.3) is 0 Å². The zero-order valence-corrected chi connectivity index (χ0v) is 17.9. The molecule has 6 nitrogen and oxygen atoms in total. The van der Waals surface area contributed by atoms with Crippen molar-refractivity contribution in [3.8, 4) is 0 Å². The van der Waals surface area contributed by atoms with Gasteiger partial charge in [0.05, 0.1) is 53.5 Å². The van der Waals surface area contributed by atoms with Crippen molar-refractivity contribution in [2.45, 2.75) is 0 Å². The first-order chi connectivity index (χ1) is 12.2. The van der Waals surface area contributed by atoms with Crippen molar-refractivity contribution < 1.29 is 17.9 Å². The molecule has 4 unspecified atom stereocenters. The number of fused-ring (bicyclic) bond motifs is 4. The van der Waals surface area contributed by atoms with E-state index in [1.165, 1.54) is 116 Å². The van der Waals surface area contributed by atoms with Crippen LogP contribution in [0.15, 0.2) is 0 Å². The average molecular weight is 368 g/mol. The Morgan fingerprint density at radius 2 is 1.38 bits per heavy atom. The van der Waals surface area contributed by atoms with E-state index < -0.39 is 0 Å². The smallest absolute Gasteiger partial charge is 0.207 e. The minimum absolute atomic E-state index is 1.17. The first-order valence-corrected chi connectivity index (χ1v) is 10.9. The van der Waals surface area contributed by atoms with Gasteiger partial charge in [-0.15, -0.1) is 0 Å². The minimum atomic E-state index is 1.17. The van der Waals surface area contributed by atoms with E-state index >= 15 is 0 Å². The molecule has 4 atom stereocenters. The molecule has 4 fully saturated rings. The third-order valence-corrected chi connectivity index (χ3v) is 8.14. The molecule has 150 valence electrons. The fourth-order valence-corrected chi connectivity index (χ4v) is 5.89. The van der Waals surface area contributed by atoms with Crippen LogP contribution in [0, 0.1) is 6.67 Å². The molecule has 4 bridgehead atoms. The number of rotatable bonds is 3. The molecule has 0 aromatic rings. The highest BCUT2D eigenvalue weighted by Crippen LogP contribution is 2.28. The first-order valence-electron chi connectivity index (χ1n) is 10.9. The van der Waals surface area contributed by atoms with Crippen LogP contribution in [-0.4, -0.2) is 154 Å². The van der Waals surface area contributed by atoms with Crippen LogP contribution in [0.2, 0.25) is 0 Å². The van der Waals surface area contributed by atoms with Crippen molar-refractivity contribution >= 4 is 0 Å². The van der Waals surface area contributed by atoms with Gasteiger partial charge in [-0.25, -0.2) is 0 Å². The highest BCUT2D eigenvalue weighted by Gasteiger charge is 2.45. The van der Waals surface area contributed by atoms with Crippen molar-refractivity contribution in [1.29, 1.82) is 0 Å². The van der Waals surface area contributed by atoms with E-state index in [2.05, 4.69) is 44.7 Å². The highest BCUT2D eigenvalue weighted by atomic mass is 15.6. The second-order valence-electron chi connectivity index (χ2n) is 10.9. The predicted molar refractivity (Wildman–Crippen MR) is 106 cm³/mol. The molecule has 4 aliphatic rings. The molecule has 0 aromatic carbocycles. The van der Waals surface area contributed by atoms with Crippen LogP contribution in [0.3, 0.4) is 0 Å². The molecule has 4 rings (SSSR count). The molecular weight excluding hydrogens is 324 g/mol. The Kier molecular flexibility index (Phi) is 4.90. The van der Waals surface area contributed by atoms with E-state index in [1.54, 1.807) is 0 Å². The van der Waals surface area contributed by atoms with Crippen molar-refractivity contribution in [1.82, 2.24) is 9.80 Å². The minimum Gasteiger partial charge on any atom is -0.404 e. The van der Waals surface area contributed by atoms with E-state index in [4.69, 9.17) is 0 Å². The van der Waals surface area contributed by atoms with Crippen molar-refractivity contribution in [2.24, 2.45) is 0 Å². The monoisotopic (exact) mass is 367 g/mol. The molecule has 6 heteroatoms. The second kappa shape index (κ2) is 6.68. The van der Waals surface area contributed by atoms with Gasteiger partial charge in [0, 0.05) is 39.8 Å². The zero-order valence-electron chi connectivity index (χ0n) is 17.9. The van der Waals surface area contributed by atoms with E-state index in [0.29, 0.717) is 0 Å². The van der Waals surface area contributed by atoms with Crippen LogP contribution < -0.4 is 0 Å². The van der Waals surface area contributed by atoms with E-state index in [9.17, 15) is 0 Å². The van der Waals surface area contributed by atoms with Gasteiger partial charge >= 0.3 is 0 Å². The molecule has 0 N–H and O–H groups in total. The Morgan fingerprint density at radius 3 is 2.08 bits per heavy atom. The molecule has 26 heavy (non-hydrogen) atoms. The maximum absolute atomic E-state index is 2.80. The molecule has 4 heterocycles. The summed E-state index contributed by atoms with van der Waals surface area (Å²) in [5.74, 6) is 0. The summed E-state index contributed by atoms with van der Waals surface area (Å²) in [6, 6.07) is 0. The summed E-state index contributed by atoms with van der Waals surface area (Å²) < 4.78 is 5.00. The molecular formula is C20H43N6+3. The Bertz CT molecular complexity index is 508. The molecule has 4 aliphatic heterocycles. The van der Waals surface area contributed by atoms with E-state index in [-0.39, 0.29) is 0 Å². The molecule has 0 aliphatic carbocycles. The van der Waals surface area contributed by atoms with Gasteiger partial charge in [0.15, 0.2) is 0 Å². The van der Waals surface area contributed by atoms with Gasteiger partial charge < -0.3 is 8.97 Å². The molecule has 0 amide bonds. The Hall–Kier alpha value is -0.240. The summed E-state index contributed by atoms with van der Waals surface area (Å²) in [5.41, 5.74) is 0. The lowest BCUT2D eigenvalue weighted by Crippen LogP contribution is -2.59. The summed E-state index contributed by atoms with van der Waals surface area (Å²) in [7, 11) is 9.73. The van der Waals surface area contributed by atoms with Crippen molar-refractivity contribution in [2.75, 3.05) is 126 Å². The average Bonchev–Trinajstić information content (AvgIpc) is 3.10. The SMILES string of the molecule is CN1CC[N+]2(C)[CH-][N+](CCN3CC[N+]4(C)CC[N+](C)(CC3)C4)(CC1)CC2. The van der Waals surface area contributed by atoms with Gasteiger partial charge in [-0.1, -0.05) is 0 Å². The largest absolute Gasteiger partial charge is 0.404 e. The molecule has 0 saturated carbocycles. The second-order valence-corrected chi connectivity index (χ2v) is 10.9. The summed E-state index contributed by atoms with van der Waals surface area (Å²) in [5, 5.41) is 0. The van der Waals surface area contributed by atoms with Crippen LogP contribution in [0.1, 0.15) is 0 Å². The third-order valence-electron chi connectivity index (χ3n) is 8.14. The topological polar surface area (TPSA) is 6.48 Å². The van der Waals surface area contributed by atoms with Crippen molar-refractivity contribution in [3.63, 3.8) is 0 Å². The third kappa shape index (κ3) is 3.96. The van der Waals surface area contributed by atoms with Gasteiger partial charge in [-0.3, -0.25) is 18.8 Å². The lowest BCUT2D eigenvalue weighted by Gasteiger charge is -2.48. The van der Waals surface area contributed by atoms with Gasteiger partial charge in [0.25, 0.3) is 0 Å². The standard InChI is InChI=1S/C20H43N6/c1-21-5-10-25(4)17-18-26(20-25,13-6-21)14-9-22-7-11-23(2)15-16-24(3,19-23)12-8-22/h20H,5-19H2,1-4H3/q+3. The molecule has 0 radical (unpaired) electrons. The Morgan fingerprint density at radius 1 is 0.731 bits per heavy atom. The molecule has 0 spiro atoms.